The average molecular weight is 472 g/mol. The minimum atomic E-state index is -0.939. The van der Waals surface area contributed by atoms with Gasteiger partial charge in [-0.15, -0.1) is 0 Å². The number of benzene rings is 2. The van der Waals surface area contributed by atoms with Gasteiger partial charge < -0.3 is 10.4 Å². The number of anilines is 1. The van der Waals surface area contributed by atoms with Crippen LogP contribution in [0.4, 0.5) is 5.69 Å². The van der Waals surface area contributed by atoms with Crippen LogP contribution >= 0.6 is 0 Å². The fraction of sp³-hybridized carbons (Fsp3) is 0.367. The maximum atomic E-state index is 12.8. The number of carbonyl (C=O) groups excluding carboxylic acids is 2. The average Bonchev–Trinajstić information content (AvgIpc) is 2.90. The van der Waals surface area contributed by atoms with Gasteiger partial charge in [-0.2, -0.15) is 0 Å². The van der Waals surface area contributed by atoms with Crippen molar-refractivity contribution in [2.75, 3.05) is 5.32 Å². The van der Waals surface area contributed by atoms with Crippen LogP contribution in [0.5, 0.6) is 0 Å². The van der Waals surface area contributed by atoms with E-state index >= 15 is 0 Å². The minimum absolute atomic E-state index is 0.0186. The standard InChI is InChI=1S/C30H33NO4/c32-28(20-26(30(34)35)19-21-7-3-1-4-8-21)24-13-11-22(12-14-24)23-15-17-27(18-16-23)31-29(33)25-9-5-2-6-10-25/h3,7-8,11-18,25-26H,1-2,4-6,9-10,19-20H2,(H,31,33)(H,34,35). The largest absolute Gasteiger partial charge is 0.481 e. The van der Waals surface area contributed by atoms with Crippen molar-refractivity contribution < 1.29 is 19.5 Å². The third-order valence-corrected chi connectivity index (χ3v) is 7.00. The lowest BCUT2D eigenvalue weighted by Gasteiger charge is -2.20. The summed E-state index contributed by atoms with van der Waals surface area (Å²) in [5, 5.41) is 12.6. The molecule has 1 unspecified atom stereocenters. The smallest absolute Gasteiger partial charge is 0.307 e. The van der Waals surface area contributed by atoms with E-state index in [4.69, 9.17) is 0 Å². The van der Waals surface area contributed by atoms with Crippen LogP contribution in [-0.4, -0.2) is 22.8 Å². The van der Waals surface area contributed by atoms with Crippen molar-refractivity contribution >= 4 is 23.3 Å². The Morgan fingerprint density at radius 2 is 1.54 bits per heavy atom. The van der Waals surface area contributed by atoms with Gasteiger partial charge in [0.05, 0.1) is 5.92 Å². The molecule has 2 aliphatic rings. The van der Waals surface area contributed by atoms with Gasteiger partial charge in [0.2, 0.25) is 5.91 Å². The SMILES string of the molecule is O=C(CC(CC1=CCCC=C1)C(=O)O)c1ccc(-c2ccc(NC(=O)C3CCCCC3)cc2)cc1. The monoisotopic (exact) mass is 471 g/mol. The number of nitrogens with one attached hydrogen (secondary N) is 1. The van der Waals surface area contributed by atoms with Crippen molar-refractivity contribution in [3.8, 4) is 11.1 Å². The molecule has 0 aromatic heterocycles. The Morgan fingerprint density at radius 1 is 0.886 bits per heavy atom. The summed E-state index contributed by atoms with van der Waals surface area (Å²) in [5.74, 6) is -1.61. The molecule has 0 spiro atoms. The molecule has 0 aliphatic heterocycles. The van der Waals surface area contributed by atoms with E-state index in [1.165, 1.54) is 6.42 Å². The van der Waals surface area contributed by atoms with Crippen molar-refractivity contribution in [3.05, 3.63) is 77.9 Å². The molecule has 1 fully saturated rings. The molecule has 1 saturated carbocycles. The normalized spacial score (nSPS) is 16.9. The Kier molecular flexibility index (Phi) is 8.30. The Morgan fingerprint density at radius 3 is 2.14 bits per heavy atom. The van der Waals surface area contributed by atoms with Gasteiger partial charge >= 0.3 is 5.97 Å². The molecule has 0 radical (unpaired) electrons. The second-order valence-corrected chi connectivity index (χ2v) is 9.60. The molecule has 35 heavy (non-hydrogen) atoms. The first-order chi connectivity index (χ1) is 17.0. The summed E-state index contributed by atoms with van der Waals surface area (Å²) < 4.78 is 0. The second kappa shape index (κ2) is 11.8. The molecular formula is C30H33NO4. The molecule has 1 amide bonds. The predicted molar refractivity (Wildman–Crippen MR) is 138 cm³/mol. The van der Waals surface area contributed by atoms with Gasteiger partial charge in [-0.3, -0.25) is 14.4 Å². The summed E-state index contributed by atoms with van der Waals surface area (Å²) in [4.78, 5) is 37.0. The van der Waals surface area contributed by atoms with Gasteiger partial charge in [0.1, 0.15) is 0 Å². The lowest BCUT2D eigenvalue weighted by Crippen LogP contribution is -2.24. The summed E-state index contributed by atoms with van der Waals surface area (Å²) in [7, 11) is 0. The van der Waals surface area contributed by atoms with Crippen LogP contribution in [0.3, 0.4) is 0 Å². The highest BCUT2D eigenvalue weighted by atomic mass is 16.4. The topological polar surface area (TPSA) is 83.5 Å². The zero-order valence-corrected chi connectivity index (χ0v) is 20.0. The maximum Gasteiger partial charge on any atom is 0.307 e. The van der Waals surface area contributed by atoms with Crippen LogP contribution < -0.4 is 5.32 Å². The highest BCUT2D eigenvalue weighted by Gasteiger charge is 2.23. The molecule has 4 rings (SSSR count). The summed E-state index contributed by atoms with van der Waals surface area (Å²) in [6.45, 7) is 0. The zero-order valence-electron chi connectivity index (χ0n) is 20.0. The van der Waals surface area contributed by atoms with Crippen molar-refractivity contribution in [2.45, 2.75) is 57.8 Å². The predicted octanol–water partition coefficient (Wildman–Crippen LogP) is 6.81. The Balaban J connectivity index is 1.35. The van der Waals surface area contributed by atoms with Crippen LogP contribution in [0.1, 0.15) is 68.1 Å². The summed E-state index contributed by atoms with van der Waals surface area (Å²) >= 11 is 0. The number of hydrogen-bond acceptors (Lipinski definition) is 3. The van der Waals surface area contributed by atoms with E-state index in [1.807, 2.05) is 48.6 Å². The lowest BCUT2D eigenvalue weighted by atomic mass is 9.88. The van der Waals surface area contributed by atoms with E-state index < -0.39 is 11.9 Å². The molecule has 2 N–H and O–H groups in total. The molecule has 2 aromatic rings. The van der Waals surface area contributed by atoms with E-state index in [-0.39, 0.29) is 24.0 Å². The number of aliphatic carboxylic acids is 1. The van der Waals surface area contributed by atoms with E-state index in [2.05, 4.69) is 11.4 Å². The molecule has 182 valence electrons. The summed E-state index contributed by atoms with van der Waals surface area (Å²) in [6.07, 6.45) is 13.7. The molecule has 0 saturated heterocycles. The first-order valence-corrected chi connectivity index (χ1v) is 12.6. The number of ketones is 1. The van der Waals surface area contributed by atoms with E-state index in [1.54, 1.807) is 12.1 Å². The minimum Gasteiger partial charge on any atom is -0.481 e. The maximum absolute atomic E-state index is 12.8. The highest BCUT2D eigenvalue weighted by molar-refractivity contribution is 5.98. The van der Waals surface area contributed by atoms with Crippen LogP contribution in [0.15, 0.2) is 72.3 Å². The van der Waals surface area contributed by atoms with Crippen molar-refractivity contribution in [3.63, 3.8) is 0 Å². The number of allylic oxidation sites excluding steroid dienone is 4. The Bertz CT molecular complexity index is 1110. The molecule has 5 nitrogen and oxygen atoms in total. The van der Waals surface area contributed by atoms with Gasteiger partial charge in [-0.1, -0.05) is 79.5 Å². The number of carbonyl (C=O) groups is 3. The van der Waals surface area contributed by atoms with Gasteiger partial charge in [0, 0.05) is 23.6 Å². The van der Waals surface area contributed by atoms with Gasteiger partial charge in [-0.05, 0) is 55.4 Å². The molecular weight excluding hydrogens is 438 g/mol. The van der Waals surface area contributed by atoms with E-state index in [0.717, 1.165) is 60.9 Å². The van der Waals surface area contributed by atoms with Crippen molar-refractivity contribution in [1.29, 1.82) is 0 Å². The van der Waals surface area contributed by atoms with Gasteiger partial charge in [0.15, 0.2) is 5.78 Å². The van der Waals surface area contributed by atoms with Gasteiger partial charge in [0.25, 0.3) is 0 Å². The van der Waals surface area contributed by atoms with Crippen LogP contribution in [0, 0.1) is 11.8 Å². The first-order valence-electron chi connectivity index (χ1n) is 12.6. The number of amides is 1. The first kappa shape index (κ1) is 24.6. The third-order valence-electron chi connectivity index (χ3n) is 7.00. The van der Waals surface area contributed by atoms with Crippen LogP contribution in [0.25, 0.3) is 11.1 Å². The molecule has 0 heterocycles. The zero-order chi connectivity index (χ0) is 24.6. The number of rotatable bonds is 9. The van der Waals surface area contributed by atoms with Crippen LogP contribution in [0.2, 0.25) is 0 Å². The van der Waals surface area contributed by atoms with Crippen molar-refractivity contribution in [1.82, 2.24) is 0 Å². The lowest BCUT2D eigenvalue weighted by molar-refractivity contribution is -0.141. The highest BCUT2D eigenvalue weighted by Crippen LogP contribution is 2.27. The molecule has 0 bridgehead atoms. The fourth-order valence-corrected chi connectivity index (χ4v) is 4.90. The summed E-state index contributed by atoms with van der Waals surface area (Å²) in [6, 6.07) is 15.0. The fourth-order valence-electron chi connectivity index (χ4n) is 4.90. The number of carboxylic acids is 1. The molecule has 2 aliphatic carbocycles. The van der Waals surface area contributed by atoms with Gasteiger partial charge in [-0.25, -0.2) is 0 Å². The quantitative estimate of drug-likeness (QED) is 0.393. The van der Waals surface area contributed by atoms with E-state index in [0.29, 0.717) is 12.0 Å². The summed E-state index contributed by atoms with van der Waals surface area (Å²) in [5.41, 5.74) is 4.24. The second-order valence-electron chi connectivity index (χ2n) is 9.60. The molecule has 5 heteroatoms. The van der Waals surface area contributed by atoms with Crippen molar-refractivity contribution in [2.24, 2.45) is 11.8 Å². The molecule has 2 aromatic carbocycles. The number of Topliss-reactive ketones (excluding diaryl/α,β-unsaturated/α-hetero) is 1. The van der Waals surface area contributed by atoms with E-state index in [9.17, 15) is 19.5 Å². The third kappa shape index (κ3) is 6.78. The number of carboxylic acid groups (broad SMARTS) is 1. The molecule has 1 atom stereocenters. The Hall–Kier alpha value is -3.47. The van der Waals surface area contributed by atoms with Crippen LogP contribution in [-0.2, 0) is 9.59 Å². The Labute approximate surface area is 206 Å². The number of hydrogen-bond donors (Lipinski definition) is 2.